The molecule has 0 aliphatic heterocycles. The molecule has 3 N–H and O–H groups in total. The summed E-state index contributed by atoms with van der Waals surface area (Å²) in [6.45, 7) is 5.84. The second-order valence-electron chi connectivity index (χ2n) is 5.37. The fourth-order valence-electron chi connectivity index (χ4n) is 1.88. The molecule has 0 bridgehead atoms. The van der Waals surface area contributed by atoms with Crippen LogP contribution in [0.1, 0.15) is 37.3 Å². The van der Waals surface area contributed by atoms with E-state index in [2.05, 4.69) is 43.0 Å². The van der Waals surface area contributed by atoms with E-state index in [9.17, 15) is 4.79 Å². The van der Waals surface area contributed by atoms with Gasteiger partial charge in [0.05, 0.1) is 0 Å². The summed E-state index contributed by atoms with van der Waals surface area (Å²) >= 11 is 0. The molecule has 0 fully saturated rings. The Morgan fingerprint density at radius 1 is 1.32 bits per heavy atom. The predicted octanol–water partition coefficient (Wildman–Crippen LogP) is 2.04. The van der Waals surface area contributed by atoms with Gasteiger partial charge in [0.2, 0.25) is 0 Å². The van der Waals surface area contributed by atoms with Crippen molar-refractivity contribution in [2.24, 2.45) is 5.73 Å². The first-order valence-corrected chi connectivity index (χ1v) is 6.66. The Bertz CT molecular complexity index is 401. The van der Waals surface area contributed by atoms with Crippen molar-refractivity contribution in [3.8, 4) is 0 Å². The molecule has 0 aromatic heterocycles. The molecule has 1 rings (SSSR count). The van der Waals surface area contributed by atoms with Crippen molar-refractivity contribution in [2.45, 2.75) is 38.8 Å². The minimum absolute atomic E-state index is 0.468. The number of aliphatic carboxylic acids is 1. The van der Waals surface area contributed by atoms with Crippen LogP contribution in [0, 0.1) is 0 Å². The molecule has 1 aromatic rings. The van der Waals surface area contributed by atoms with Crippen molar-refractivity contribution in [3.63, 3.8) is 0 Å². The van der Waals surface area contributed by atoms with Gasteiger partial charge in [0, 0.05) is 13.1 Å². The maximum Gasteiger partial charge on any atom is 0.320 e. The predicted molar refractivity (Wildman–Crippen MR) is 77.1 cm³/mol. The maximum atomic E-state index is 10.6. The SMILES string of the molecule is CC(C)c1ccc(CN(C)CCC(N)C(=O)O)cc1. The zero-order valence-corrected chi connectivity index (χ0v) is 12.0. The molecule has 0 radical (unpaired) electrons. The molecule has 19 heavy (non-hydrogen) atoms. The van der Waals surface area contributed by atoms with Crippen molar-refractivity contribution >= 4 is 5.97 Å². The summed E-state index contributed by atoms with van der Waals surface area (Å²) in [5.74, 6) is -0.393. The van der Waals surface area contributed by atoms with E-state index in [1.165, 1.54) is 11.1 Å². The lowest BCUT2D eigenvalue weighted by Gasteiger charge is -2.18. The molecule has 106 valence electrons. The zero-order chi connectivity index (χ0) is 14.4. The fraction of sp³-hybridized carbons (Fsp3) is 0.533. The fourth-order valence-corrected chi connectivity index (χ4v) is 1.88. The summed E-state index contributed by atoms with van der Waals surface area (Å²) in [5, 5.41) is 8.72. The van der Waals surface area contributed by atoms with Crippen LogP contribution in [0.4, 0.5) is 0 Å². The molecule has 0 aliphatic rings. The van der Waals surface area contributed by atoms with Gasteiger partial charge in [-0.05, 0) is 30.5 Å². The third kappa shape index (κ3) is 5.41. The van der Waals surface area contributed by atoms with E-state index in [4.69, 9.17) is 10.8 Å². The maximum absolute atomic E-state index is 10.6. The number of nitrogens with zero attached hydrogens (tertiary/aromatic N) is 1. The Balaban J connectivity index is 2.43. The standard InChI is InChI=1S/C15H24N2O2/c1-11(2)13-6-4-12(5-7-13)10-17(3)9-8-14(16)15(18)19/h4-7,11,14H,8-10,16H2,1-3H3,(H,18,19). The van der Waals surface area contributed by atoms with Gasteiger partial charge in [0.25, 0.3) is 0 Å². The molecule has 1 unspecified atom stereocenters. The van der Waals surface area contributed by atoms with E-state index in [0.717, 1.165) is 6.54 Å². The number of carbonyl (C=O) groups is 1. The lowest BCUT2D eigenvalue weighted by Crippen LogP contribution is -2.34. The van der Waals surface area contributed by atoms with Gasteiger partial charge in [0.1, 0.15) is 6.04 Å². The number of nitrogens with two attached hydrogens (primary N) is 1. The summed E-state index contributed by atoms with van der Waals surface area (Å²) in [7, 11) is 1.98. The van der Waals surface area contributed by atoms with Crippen LogP contribution in [-0.2, 0) is 11.3 Å². The molecule has 4 heteroatoms. The van der Waals surface area contributed by atoms with Gasteiger partial charge in [0.15, 0.2) is 0 Å². The van der Waals surface area contributed by atoms with Crippen molar-refractivity contribution in [1.82, 2.24) is 4.90 Å². The van der Waals surface area contributed by atoms with Crippen LogP contribution in [0.5, 0.6) is 0 Å². The van der Waals surface area contributed by atoms with Gasteiger partial charge >= 0.3 is 5.97 Å². The van der Waals surface area contributed by atoms with Crippen molar-refractivity contribution < 1.29 is 9.90 Å². The largest absolute Gasteiger partial charge is 0.480 e. The average Bonchev–Trinajstić information content (AvgIpc) is 2.36. The van der Waals surface area contributed by atoms with Crippen LogP contribution in [-0.4, -0.2) is 35.6 Å². The molecular weight excluding hydrogens is 240 g/mol. The second-order valence-corrected chi connectivity index (χ2v) is 5.37. The highest BCUT2D eigenvalue weighted by molar-refractivity contribution is 5.72. The molecule has 0 aliphatic carbocycles. The molecule has 0 spiro atoms. The molecule has 0 saturated heterocycles. The van der Waals surface area contributed by atoms with Crippen molar-refractivity contribution in [2.75, 3.05) is 13.6 Å². The molecule has 0 saturated carbocycles. The monoisotopic (exact) mass is 264 g/mol. The Kier molecular flexibility index (Phi) is 5.99. The zero-order valence-electron chi connectivity index (χ0n) is 12.0. The van der Waals surface area contributed by atoms with Gasteiger partial charge in [-0.15, -0.1) is 0 Å². The summed E-state index contributed by atoms with van der Waals surface area (Å²) < 4.78 is 0. The number of benzene rings is 1. The number of rotatable bonds is 7. The van der Waals surface area contributed by atoms with Crippen LogP contribution >= 0.6 is 0 Å². The summed E-state index contributed by atoms with van der Waals surface area (Å²) in [6, 6.07) is 7.78. The van der Waals surface area contributed by atoms with Gasteiger partial charge in [-0.25, -0.2) is 0 Å². The van der Waals surface area contributed by atoms with Gasteiger partial charge in [-0.3, -0.25) is 4.79 Å². The minimum Gasteiger partial charge on any atom is -0.480 e. The third-order valence-corrected chi connectivity index (χ3v) is 3.24. The van der Waals surface area contributed by atoms with E-state index in [1.54, 1.807) is 0 Å². The number of hydrogen-bond donors (Lipinski definition) is 2. The Labute approximate surface area is 115 Å². The molecule has 4 nitrogen and oxygen atoms in total. The van der Waals surface area contributed by atoms with Crippen LogP contribution < -0.4 is 5.73 Å². The Morgan fingerprint density at radius 2 is 1.89 bits per heavy atom. The normalized spacial score (nSPS) is 12.9. The van der Waals surface area contributed by atoms with Crippen LogP contribution in [0.2, 0.25) is 0 Å². The van der Waals surface area contributed by atoms with E-state index in [-0.39, 0.29) is 0 Å². The van der Waals surface area contributed by atoms with E-state index < -0.39 is 12.0 Å². The highest BCUT2D eigenvalue weighted by Crippen LogP contribution is 2.15. The van der Waals surface area contributed by atoms with Gasteiger partial charge < -0.3 is 15.7 Å². The summed E-state index contributed by atoms with van der Waals surface area (Å²) in [4.78, 5) is 12.7. The molecule has 0 amide bonds. The summed E-state index contributed by atoms with van der Waals surface area (Å²) in [6.07, 6.45) is 0.468. The topological polar surface area (TPSA) is 66.6 Å². The van der Waals surface area contributed by atoms with E-state index in [0.29, 0.717) is 18.9 Å². The lowest BCUT2D eigenvalue weighted by atomic mass is 10.0. The minimum atomic E-state index is -0.935. The first-order valence-electron chi connectivity index (χ1n) is 6.66. The molecular formula is C15H24N2O2. The number of carboxylic acid groups (broad SMARTS) is 1. The highest BCUT2D eigenvalue weighted by Gasteiger charge is 2.12. The second kappa shape index (κ2) is 7.26. The van der Waals surface area contributed by atoms with Crippen LogP contribution in [0.25, 0.3) is 0 Å². The number of hydrogen-bond acceptors (Lipinski definition) is 3. The van der Waals surface area contributed by atoms with Crippen molar-refractivity contribution in [1.29, 1.82) is 0 Å². The Morgan fingerprint density at radius 3 is 2.37 bits per heavy atom. The van der Waals surface area contributed by atoms with Gasteiger partial charge in [-0.1, -0.05) is 38.1 Å². The first-order chi connectivity index (χ1) is 8.90. The quantitative estimate of drug-likeness (QED) is 0.791. The lowest BCUT2D eigenvalue weighted by molar-refractivity contribution is -0.138. The van der Waals surface area contributed by atoms with Crippen LogP contribution in [0.15, 0.2) is 24.3 Å². The van der Waals surface area contributed by atoms with Gasteiger partial charge in [-0.2, -0.15) is 0 Å². The van der Waals surface area contributed by atoms with E-state index in [1.807, 2.05) is 7.05 Å². The molecule has 1 atom stereocenters. The highest BCUT2D eigenvalue weighted by atomic mass is 16.4. The Hall–Kier alpha value is -1.39. The van der Waals surface area contributed by atoms with E-state index >= 15 is 0 Å². The summed E-state index contributed by atoms with van der Waals surface area (Å²) in [5.41, 5.74) is 8.05. The first kappa shape index (κ1) is 15.7. The smallest absolute Gasteiger partial charge is 0.320 e. The average molecular weight is 264 g/mol. The number of carboxylic acids is 1. The molecule has 1 aromatic carbocycles. The third-order valence-electron chi connectivity index (χ3n) is 3.24. The van der Waals surface area contributed by atoms with Crippen molar-refractivity contribution in [3.05, 3.63) is 35.4 Å². The molecule has 0 heterocycles. The van der Waals surface area contributed by atoms with Crippen LogP contribution in [0.3, 0.4) is 0 Å².